The zero-order valence-electron chi connectivity index (χ0n) is 14.8. The zero-order chi connectivity index (χ0) is 22.5. The van der Waals surface area contributed by atoms with E-state index in [1.807, 2.05) is 0 Å². The number of anilines is 1. The van der Waals surface area contributed by atoms with Gasteiger partial charge in [-0.25, -0.2) is 4.79 Å². The van der Waals surface area contributed by atoms with Gasteiger partial charge in [0.2, 0.25) is 3.79 Å². The number of aromatic carboxylic acids is 1. The molecule has 2 aromatic rings. The molecule has 0 aliphatic carbocycles. The Hall–Kier alpha value is -2.66. The first-order chi connectivity index (χ1) is 14.0. The van der Waals surface area contributed by atoms with Crippen molar-refractivity contribution in [3.05, 3.63) is 69.8 Å². The fourth-order valence-electron chi connectivity index (χ4n) is 2.30. The molecule has 0 saturated heterocycles. The molecule has 1 amide bonds. The molecule has 0 unspecified atom stereocenters. The second kappa shape index (κ2) is 9.90. The van der Waals surface area contributed by atoms with Gasteiger partial charge in [-0.2, -0.15) is 0 Å². The number of alkyl halides is 3. The van der Waals surface area contributed by atoms with Crippen LogP contribution >= 0.6 is 47.0 Å². The standard InChI is InChI=1S/C17H13Cl3N4O5S/c18-17(19,20)15(22-13(25)10-6-2-4-8-12(10)24(28)29)23-16(30)21-11-7-3-1-5-9(11)14(26)27/h1-8,15H,(H,22,25)(H,26,27)(H2,21,23,30)/t15-/m1/s1. The second-order valence-electron chi connectivity index (χ2n) is 5.67. The van der Waals surface area contributed by atoms with Gasteiger partial charge in [-0.3, -0.25) is 14.9 Å². The number of amides is 1. The summed E-state index contributed by atoms with van der Waals surface area (Å²) < 4.78 is -2.11. The Labute approximate surface area is 190 Å². The summed E-state index contributed by atoms with van der Waals surface area (Å²) in [5.41, 5.74) is -0.584. The number of halogens is 3. The van der Waals surface area contributed by atoms with Crippen molar-refractivity contribution in [1.82, 2.24) is 10.6 Å². The van der Waals surface area contributed by atoms with Gasteiger partial charge in [0.05, 0.1) is 16.2 Å². The normalized spacial score (nSPS) is 11.8. The van der Waals surface area contributed by atoms with E-state index < -0.39 is 32.4 Å². The maximum Gasteiger partial charge on any atom is 0.337 e. The summed E-state index contributed by atoms with van der Waals surface area (Å²) in [5.74, 6) is -2.08. The average molecular weight is 492 g/mol. The average Bonchev–Trinajstić information content (AvgIpc) is 2.66. The molecule has 2 rings (SSSR count). The summed E-state index contributed by atoms with van der Waals surface area (Å²) in [6, 6.07) is 11.2. The molecule has 2 aromatic carbocycles. The number of para-hydroxylation sites is 2. The van der Waals surface area contributed by atoms with Gasteiger partial charge in [-0.1, -0.05) is 59.1 Å². The molecule has 4 N–H and O–H groups in total. The minimum Gasteiger partial charge on any atom is -0.478 e. The van der Waals surface area contributed by atoms with E-state index in [4.69, 9.17) is 47.0 Å². The zero-order valence-corrected chi connectivity index (χ0v) is 17.8. The molecule has 158 valence electrons. The lowest BCUT2D eigenvalue weighted by atomic mass is 10.1. The predicted molar refractivity (Wildman–Crippen MR) is 117 cm³/mol. The monoisotopic (exact) mass is 490 g/mol. The third-order valence-electron chi connectivity index (χ3n) is 3.63. The number of nitro groups is 1. The summed E-state index contributed by atoms with van der Waals surface area (Å²) in [5, 5.41) is 27.7. The van der Waals surface area contributed by atoms with Crippen LogP contribution in [0.25, 0.3) is 0 Å². The highest BCUT2D eigenvalue weighted by molar-refractivity contribution is 7.80. The number of thiocarbonyl (C=S) groups is 1. The van der Waals surface area contributed by atoms with Crippen LogP contribution in [0.5, 0.6) is 0 Å². The number of hydrogen-bond donors (Lipinski definition) is 4. The van der Waals surface area contributed by atoms with E-state index in [0.717, 1.165) is 6.07 Å². The first-order valence-corrected chi connectivity index (χ1v) is 9.55. The van der Waals surface area contributed by atoms with Crippen molar-refractivity contribution in [1.29, 1.82) is 0 Å². The van der Waals surface area contributed by atoms with Crippen LogP contribution in [0.4, 0.5) is 11.4 Å². The Balaban J connectivity index is 2.20. The molecule has 0 fully saturated rings. The number of hydrogen-bond acceptors (Lipinski definition) is 5. The van der Waals surface area contributed by atoms with E-state index in [1.54, 1.807) is 6.07 Å². The maximum atomic E-state index is 12.5. The molecule has 0 aliphatic heterocycles. The summed E-state index contributed by atoms with van der Waals surface area (Å²) in [7, 11) is 0. The quantitative estimate of drug-likeness (QED) is 0.158. The Kier molecular flexibility index (Phi) is 7.79. The lowest BCUT2D eigenvalue weighted by Crippen LogP contribution is -2.56. The summed E-state index contributed by atoms with van der Waals surface area (Å²) in [4.78, 5) is 34.2. The number of nitro benzene ring substituents is 1. The van der Waals surface area contributed by atoms with Crippen LogP contribution < -0.4 is 16.0 Å². The van der Waals surface area contributed by atoms with Crippen molar-refractivity contribution in [2.24, 2.45) is 0 Å². The topological polar surface area (TPSA) is 134 Å². The number of nitrogens with zero attached hydrogens (tertiary/aromatic N) is 1. The second-order valence-corrected chi connectivity index (χ2v) is 8.45. The number of benzene rings is 2. The number of carbonyl (C=O) groups excluding carboxylic acids is 1. The summed E-state index contributed by atoms with van der Waals surface area (Å²) >= 11 is 22.8. The molecule has 1 atom stereocenters. The lowest BCUT2D eigenvalue weighted by molar-refractivity contribution is -0.385. The van der Waals surface area contributed by atoms with E-state index in [9.17, 15) is 24.8 Å². The molecule has 0 saturated carbocycles. The minimum atomic E-state index is -2.11. The summed E-state index contributed by atoms with van der Waals surface area (Å²) in [6.07, 6.45) is -1.41. The third kappa shape index (κ3) is 6.17. The summed E-state index contributed by atoms with van der Waals surface area (Å²) in [6.45, 7) is 0. The molecule has 0 radical (unpaired) electrons. The van der Waals surface area contributed by atoms with Crippen molar-refractivity contribution in [2.45, 2.75) is 9.96 Å². The van der Waals surface area contributed by atoms with Gasteiger partial charge in [0.1, 0.15) is 11.7 Å². The van der Waals surface area contributed by atoms with Crippen LogP contribution in [0.15, 0.2) is 48.5 Å². The SMILES string of the molecule is O=C(O)c1ccccc1NC(=S)N[C@@H](NC(=O)c1ccccc1[N+](=O)[O-])C(Cl)(Cl)Cl. The van der Waals surface area contributed by atoms with E-state index in [2.05, 4.69) is 16.0 Å². The number of carboxylic acid groups (broad SMARTS) is 1. The fourth-order valence-corrected chi connectivity index (χ4v) is 2.86. The highest BCUT2D eigenvalue weighted by atomic mass is 35.6. The van der Waals surface area contributed by atoms with Crippen LogP contribution in [-0.4, -0.2) is 37.0 Å². The smallest absolute Gasteiger partial charge is 0.337 e. The molecule has 0 aromatic heterocycles. The first kappa shape index (κ1) is 23.6. The molecule has 0 heterocycles. The molecule has 30 heavy (non-hydrogen) atoms. The van der Waals surface area contributed by atoms with E-state index in [0.29, 0.717) is 0 Å². The molecule has 13 heteroatoms. The number of nitrogens with one attached hydrogen (secondary N) is 3. The van der Waals surface area contributed by atoms with E-state index in [-0.39, 0.29) is 21.9 Å². The minimum absolute atomic E-state index is 0.0592. The Bertz CT molecular complexity index is 999. The lowest BCUT2D eigenvalue weighted by Gasteiger charge is -2.28. The van der Waals surface area contributed by atoms with Gasteiger partial charge in [0, 0.05) is 6.07 Å². The van der Waals surface area contributed by atoms with Crippen molar-refractivity contribution in [3.63, 3.8) is 0 Å². The van der Waals surface area contributed by atoms with Crippen molar-refractivity contribution >= 4 is 75.4 Å². The van der Waals surface area contributed by atoms with Gasteiger partial charge in [0.15, 0.2) is 5.11 Å². The third-order valence-corrected chi connectivity index (χ3v) is 4.50. The highest BCUT2D eigenvalue weighted by Gasteiger charge is 2.36. The number of carbonyl (C=O) groups is 2. The molecule has 9 nitrogen and oxygen atoms in total. The van der Waals surface area contributed by atoms with Crippen LogP contribution in [0.1, 0.15) is 20.7 Å². The van der Waals surface area contributed by atoms with Crippen LogP contribution in [0, 0.1) is 10.1 Å². The predicted octanol–water partition coefficient (Wildman–Crippen LogP) is 3.71. The first-order valence-electron chi connectivity index (χ1n) is 8.01. The van der Waals surface area contributed by atoms with Gasteiger partial charge < -0.3 is 21.1 Å². The van der Waals surface area contributed by atoms with Crippen molar-refractivity contribution in [2.75, 3.05) is 5.32 Å². The Morgan fingerprint density at radius 1 is 1.03 bits per heavy atom. The number of rotatable bonds is 6. The number of carboxylic acids is 1. The van der Waals surface area contributed by atoms with E-state index >= 15 is 0 Å². The van der Waals surface area contributed by atoms with Crippen molar-refractivity contribution in [3.8, 4) is 0 Å². The maximum absolute atomic E-state index is 12.5. The fraction of sp³-hybridized carbons (Fsp3) is 0.118. The van der Waals surface area contributed by atoms with Crippen LogP contribution in [0.3, 0.4) is 0 Å². The van der Waals surface area contributed by atoms with Gasteiger partial charge in [0.25, 0.3) is 11.6 Å². The molecular formula is C17H13Cl3N4O5S. The van der Waals surface area contributed by atoms with E-state index in [1.165, 1.54) is 36.4 Å². The van der Waals surface area contributed by atoms with Crippen LogP contribution in [0.2, 0.25) is 0 Å². The molecule has 0 spiro atoms. The largest absolute Gasteiger partial charge is 0.478 e. The molecular weight excluding hydrogens is 479 g/mol. The molecule has 0 bridgehead atoms. The van der Waals surface area contributed by atoms with Gasteiger partial charge in [-0.05, 0) is 30.4 Å². The Morgan fingerprint density at radius 3 is 2.17 bits per heavy atom. The highest BCUT2D eigenvalue weighted by Crippen LogP contribution is 2.30. The molecule has 0 aliphatic rings. The van der Waals surface area contributed by atoms with Gasteiger partial charge in [-0.15, -0.1) is 0 Å². The Morgan fingerprint density at radius 2 is 1.60 bits per heavy atom. The van der Waals surface area contributed by atoms with Gasteiger partial charge >= 0.3 is 5.97 Å². The van der Waals surface area contributed by atoms with Crippen LogP contribution in [-0.2, 0) is 0 Å². The van der Waals surface area contributed by atoms with Crippen molar-refractivity contribution < 1.29 is 19.6 Å².